The normalized spacial score (nSPS) is 18.9. The lowest BCUT2D eigenvalue weighted by Gasteiger charge is -2.27. The molecule has 2 aliphatic heterocycles. The number of aromatic nitrogens is 1. The first-order chi connectivity index (χ1) is 25.1. The number of Topliss-reactive ketones (excluding diaryl/α,β-unsaturated/α-hetero) is 1. The average Bonchev–Trinajstić information content (AvgIpc) is 3.90. The second-order valence-electron chi connectivity index (χ2n) is 14.6. The summed E-state index contributed by atoms with van der Waals surface area (Å²) in [5.41, 5.74) is 3.03. The summed E-state index contributed by atoms with van der Waals surface area (Å²) < 4.78 is 10.9. The van der Waals surface area contributed by atoms with Gasteiger partial charge in [0.1, 0.15) is 17.7 Å². The molecule has 2 saturated heterocycles. The number of epoxide rings is 1. The van der Waals surface area contributed by atoms with Crippen LogP contribution in [0.5, 0.6) is 0 Å². The van der Waals surface area contributed by atoms with Gasteiger partial charge in [0.05, 0.1) is 32.3 Å². The van der Waals surface area contributed by atoms with Crippen molar-refractivity contribution in [1.82, 2.24) is 25.8 Å². The van der Waals surface area contributed by atoms with E-state index in [0.29, 0.717) is 25.9 Å². The minimum absolute atomic E-state index is 0.112. The molecule has 2 fully saturated rings. The monoisotopic (exact) mass is 711 g/mol. The first-order valence-electron chi connectivity index (χ1n) is 18.5. The van der Waals surface area contributed by atoms with Crippen molar-refractivity contribution in [2.75, 3.05) is 32.9 Å². The SMILES string of the molecule is CC(C)C[C@H](NC(=O)[C@H](Cc1ccncc1)NC(=O)[C@H](CCCc1ccccc1)NC(=O)Cc1ccc(CN2CCOCC2)cc1)C(=O)[C@@]1(C)CO1. The summed E-state index contributed by atoms with van der Waals surface area (Å²) in [5.74, 6) is -1.25. The van der Waals surface area contributed by atoms with Crippen LogP contribution in [-0.2, 0) is 54.5 Å². The Morgan fingerprint density at radius 2 is 1.42 bits per heavy atom. The van der Waals surface area contributed by atoms with Crippen molar-refractivity contribution >= 4 is 23.5 Å². The number of aryl methyl sites for hydroxylation is 1. The zero-order chi connectivity index (χ0) is 36.9. The fraction of sp³-hybridized carbons (Fsp3) is 0.488. The van der Waals surface area contributed by atoms with Gasteiger partial charge in [-0.2, -0.15) is 0 Å². The third-order valence-corrected chi connectivity index (χ3v) is 9.61. The molecule has 3 N–H and O–H groups in total. The van der Waals surface area contributed by atoms with Crippen LogP contribution in [0.1, 0.15) is 62.3 Å². The molecule has 5 rings (SSSR count). The van der Waals surface area contributed by atoms with E-state index in [2.05, 4.69) is 25.8 Å². The molecule has 278 valence electrons. The van der Waals surface area contributed by atoms with Crippen LogP contribution in [0, 0.1) is 5.92 Å². The Morgan fingerprint density at radius 3 is 2.08 bits per heavy atom. The molecule has 1 aromatic heterocycles. The molecule has 0 unspecified atom stereocenters. The van der Waals surface area contributed by atoms with Crippen LogP contribution < -0.4 is 16.0 Å². The van der Waals surface area contributed by atoms with Crippen LogP contribution in [0.4, 0.5) is 0 Å². The summed E-state index contributed by atoms with van der Waals surface area (Å²) >= 11 is 0. The van der Waals surface area contributed by atoms with Crippen LogP contribution in [0.2, 0.25) is 0 Å². The number of ketones is 1. The standard InChI is InChI=1S/C41H53N5O6/c1-29(2)24-35(38(48)41(3)28-52-41)44-40(50)36(25-32-16-18-42-19-17-32)45-39(49)34(11-7-10-30-8-5-4-6-9-30)43-37(47)26-31-12-14-33(15-13-31)27-46-20-22-51-23-21-46/h4-6,8-9,12-19,29,34-36H,7,10-11,20-28H2,1-3H3,(H,43,47)(H,44,50)(H,45,49)/t34-,35-,36-,41+/m0/s1. The van der Waals surface area contributed by atoms with E-state index in [1.165, 1.54) is 5.56 Å². The molecule has 0 spiro atoms. The van der Waals surface area contributed by atoms with Crippen molar-refractivity contribution in [3.05, 3.63) is 101 Å². The van der Waals surface area contributed by atoms with Gasteiger partial charge in [0, 0.05) is 38.4 Å². The van der Waals surface area contributed by atoms with Gasteiger partial charge in [0.2, 0.25) is 17.7 Å². The van der Waals surface area contributed by atoms with E-state index in [0.717, 1.165) is 56.0 Å². The molecule has 11 heteroatoms. The van der Waals surface area contributed by atoms with Gasteiger partial charge < -0.3 is 25.4 Å². The number of hydrogen-bond donors (Lipinski definition) is 3. The zero-order valence-corrected chi connectivity index (χ0v) is 30.6. The lowest BCUT2D eigenvalue weighted by atomic mass is 9.93. The van der Waals surface area contributed by atoms with Gasteiger partial charge in [-0.05, 0) is 72.9 Å². The van der Waals surface area contributed by atoms with Crippen LogP contribution >= 0.6 is 0 Å². The van der Waals surface area contributed by atoms with E-state index in [1.54, 1.807) is 31.5 Å². The maximum absolute atomic E-state index is 14.1. The number of ether oxygens (including phenoxy) is 2. The molecular weight excluding hydrogens is 658 g/mol. The summed E-state index contributed by atoms with van der Waals surface area (Å²) in [6.07, 6.45) is 5.73. The number of morpholine rings is 1. The first-order valence-corrected chi connectivity index (χ1v) is 18.5. The Bertz CT molecular complexity index is 1610. The number of nitrogens with zero attached hydrogens (tertiary/aromatic N) is 2. The number of carbonyl (C=O) groups is 4. The second-order valence-corrected chi connectivity index (χ2v) is 14.6. The van der Waals surface area contributed by atoms with Crippen molar-refractivity contribution in [1.29, 1.82) is 0 Å². The molecule has 2 aliphatic rings. The van der Waals surface area contributed by atoms with Gasteiger partial charge in [-0.3, -0.25) is 29.1 Å². The molecule has 0 radical (unpaired) electrons. The Kier molecular flexibility index (Phi) is 14.1. The Hall–Kier alpha value is -4.45. The zero-order valence-electron chi connectivity index (χ0n) is 30.6. The van der Waals surface area contributed by atoms with Crippen molar-refractivity contribution in [2.24, 2.45) is 5.92 Å². The van der Waals surface area contributed by atoms with Crippen molar-refractivity contribution in [3.63, 3.8) is 0 Å². The molecule has 3 amide bonds. The lowest BCUT2D eigenvalue weighted by molar-refractivity contribution is -0.134. The highest BCUT2D eigenvalue weighted by Gasteiger charge is 2.50. The lowest BCUT2D eigenvalue weighted by Crippen LogP contribution is -2.57. The summed E-state index contributed by atoms with van der Waals surface area (Å²) in [7, 11) is 0. The molecule has 52 heavy (non-hydrogen) atoms. The minimum Gasteiger partial charge on any atom is -0.379 e. The Balaban J connectivity index is 1.28. The quantitative estimate of drug-likeness (QED) is 0.160. The third-order valence-electron chi connectivity index (χ3n) is 9.61. The highest BCUT2D eigenvalue weighted by Crippen LogP contribution is 2.29. The molecule has 0 bridgehead atoms. The first kappa shape index (κ1) is 38.8. The van der Waals surface area contributed by atoms with E-state index in [1.807, 2.05) is 68.4 Å². The van der Waals surface area contributed by atoms with E-state index in [-0.39, 0.29) is 30.4 Å². The highest BCUT2D eigenvalue weighted by molar-refractivity contribution is 5.98. The number of benzene rings is 2. The number of amides is 3. The second kappa shape index (κ2) is 18.9. The number of pyridine rings is 1. The topological polar surface area (TPSA) is 142 Å². The van der Waals surface area contributed by atoms with Crippen LogP contribution in [0.25, 0.3) is 0 Å². The fourth-order valence-corrected chi connectivity index (χ4v) is 6.47. The fourth-order valence-electron chi connectivity index (χ4n) is 6.47. The van der Waals surface area contributed by atoms with Crippen molar-refractivity contribution in [2.45, 2.75) is 89.6 Å². The number of hydrogen-bond acceptors (Lipinski definition) is 8. The molecule has 0 saturated carbocycles. The molecule has 2 aromatic carbocycles. The molecule has 4 atom stereocenters. The number of carbonyl (C=O) groups excluding carboxylic acids is 4. The van der Waals surface area contributed by atoms with Gasteiger partial charge in [0.25, 0.3) is 0 Å². The summed E-state index contributed by atoms with van der Waals surface area (Å²) in [4.78, 5) is 61.2. The van der Waals surface area contributed by atoms with Gasteiger partial charge in [-0.25, -0.2) is 0 Å². The predicted molar refractivity (Wildman–Crippen MR) is 198 cm³/mol. The van der Waals surface area contributed by atoms with Crippen LogP contribution in [0.3, 0.4) is 0 Å². The average molecular weight is 712 g/mol. The molecule has 3 heterocycles. The molecular formula is C41H53N5O6. The summed E-state index contributed by atoms with van der Waals surface area (Å²) in [5, 5.41) is 8.84. The smallest absolute Gasteiger partial charge is 0.243 e. The summed E-state index contributed by atoms with van der Waals surface area (Å²) in [6.45, 7) is 10.1. The van der Waals surface area contributed by atoms with E-state index < -0.39 is 35.5 Å². The van der Waals surface area contributed by atoms with Gasteiger partial charge in [-0.1, -0.05) is 68.4 Å². The van der Waals surface area contributed by atoms with Gasteiger partial charge in [-0.15, -0.1) is 0 Å². The van der Waals surface area contributed by atoms with Crippen molar-refractivity contribution < 1.29 is 28.7 Å². The number of rotatable bonds is 19. The molecule has 11 nitrogen and oxygen atoms in total. The van der Waals surface area contributed by atoms with Crippen molar-refractivity contribution in [3.8, 4) is 0 Å². The molecule has 0 aliphatic carbocycles. The third kappa shape index (κ3) is 12.1. The largest absolute Gasteiger partial charge is 0.379 e. The molecule has 3 aromatic rings. The summed E-state index contributed by atoms with van der Waals surface area (Å²) in [6, 6.07) is 18.9. The Labute approximate surface area is 307 Å². The Morgan fingerprint density at radius 1 is 0.788 bits per heavy atom. The maximum Gasteiger partial charge on any atom is 0.243 e. The predicted octanol–water partition coefficient (Wildman–Crippen LogP) is 3.58. The highest BCUT2D eigenvalue weighted by atomic mass is 16.6. The minimum atomic E-state index is -1.00. The number of nitrogens with one attached hydrogen (secondary N) is 3. The maximum atomic E-state index is 14.1. The van der Waals surface area contributed by atoms with Crippen LogP contribution in [-0.4, -0.2) is 90.0 Å². The van der Waals surface area contributed by atoms with Gasteiger partial charge >= 0.3 is 0 Å². The van der Waals surface area contributed by atoms with E-state index in [9.17, 15) is 19.2 Å². The van der Waals surface area contributed by atoms with E-state index in [4.69, 9.17) is 9.47 Å². The van der Waals surface area contributed by atoms with E-state index >= 15 is 0 Å². The van der Waals surface area contributed by atoms with Crippen LogP contribution in [0.15, 0.2) is 79.1 Å². The van der Waals surface area contributed by atoms with Gasteiger partial charge in [0.15, 0.2) is 5.78 Å².